The number of ether oxygens (including phenoxy) is 1. The molecular weight excluding hydrogens is 388 g/mol. The maximum absolute atomic E-state index is 12.3. The summed E-state index contributed by atoms with van der Waals surface area (Å²) in [7, 11) is 0. The molecule has 2 rings (SSSR count). The number of benzene rings is 1. The monoisotopic (exact) mass is 408 g/mol. The molecule has 0 bridgehead atoms. The SMILES string of the molecule is CCCCn1nc(C)c(C(=O)OCC(=O)Nc2cc([N+](=O)[O-])ccc2C)c1Cl. The van der Waals surface area contributed by atoms with Crippen molar-refractivity contribution in [1.29, 1.82) is 0 Å². The Kier molecular flexibility index (Phi) is 7.11. The van der Waals surface area contributed by atoms with Gasteiger partial charge in [-0.3, -0.25) is 19.6 Å². The van der Waals surface area contributed by atoms with Crippen LogP contribution in [0.5, 0.6) is 0 Å². The summed E-state index contributed by atoms with van der Waals surface area (Å²) in [6, 6.07) is 4.10. The second-order valence-electron chi connectivity index (χ2n) is 6.21. The highest BCUT2D eigenvalue weighted by Crippen LogP contribution is 2.23. The van der Waals surface area contributed by atoms with Gasteiger partial charge < -0.3 is 10.1 Å². The van der Waals surface area contributed by atoms with E-state index in [4.69, 9.17) is 16.3 Å². The zero-order valence-electron chi connectivity index (χ0n) is 15.8. The van der Waals surface area contributed by atoms with E-state index < -0.39 is 23.4 Å². The third kappa shape index (κ3) is 5.07. The molecule has 0 aliphatic carbocycles. The number of carbonyl (C=O) groups is 2. The molecule has 1 aromatic carbocycles. The van der Waals surface area contributed by atoms with E-state index in [0.29, 0.717) is 17.8 Å². The Labute approximate surface area is 166 Å². The van der Waals surface area contributed by atoms with Gasteiger partial charge in [-0.05, 0) is 25.8 Å². The van der Waals surface area contributed by atoms with Crippen LogP contribution in [0.3, 0.4) is 0 Å². The first-order chi connectivity index (χ1) is 13.2. The van der Waals surface area contributed by atoms with Gasteiger partial charge >= 0.3 is 5.97 Å². The quantitative estimate of drug-likeness (QED) is 0.404. The van der Waals surface area contributed by atoms with Crippen LogP contribution in [0.2, 0.25) is 5.15 Å². The summed E-state index contributed by atoms with van der Waals surface area (Å²) in [5.41, 5.74) is 1.30. The van der Waals surface area contributed by atoms with E-state index in [2.05, 4.69) is 10.4 Å². The molecule has 28 heavy (non-hydrogen) atoms. The van der Waals surface area contributed by atoms with Crippen LogP contribution in [0.4, 0.5) is 11.4 Å². The van der Waals surface area contributed by atoms with E-state index in [1.165, 1.54) is 22.9 Å². The molecule has 150 valence electrons. The second kappa shape index (κ2) is 9.32. The molecule has 0 spiro atoms. The molecule has 0 unspecified atom stereocenters. The van der Waals surface area contributed by atoms with Crippen LogP contribution in [0, 0.1) is 24.0 Å². The van der Waals surface area contributed by atoms with Gasteiger partial charge in [-0.2, -0.15) is 5.10 Å². The third-order valence-electron chi connectivity index (χ3n) is 4.03. The molecular formula is C18H21ClN4O5. The Hall–Kier alpha value is -2.94. The first-order valence-electron chi connectivity index (χ1n) is 8.69. The summed E-state index contributed by atoms with van der Waals surface area (Å²) in [5, 5.41) is 17.8. The molecule has 2 aromatic rings. The average molecular weight is 409 g/mol. The smallest absolute Gasteiger partial charge is 0.343 e. The topological polar surface area (TPSA) is 116 Å². The van der Waals surface area contributed by atoms with E-state index in [0.717, 1.165) is 12.8 Å². The number of nitro benzene ring substituents is 1. The van der Waals surface area contributed by atoms with Gasteiger partial charge in [0, 0.05) is 18.7 Å². The Balaban J connectivity index is 2.02. The number of nitro groups is 1. The molecule has 0 aliphatic heterocycles. The number of halogens is 1. The number of aromatic nitrogens is 2. The number of nitrogens with zero attached hydrogens (tertiary/aromatic N) is 3. The van der Waals surface area contributed by atoms with Crippen LogP contribution in [-0.2, 0) is 16.1 Å². The molecule has 1 aromatic heterocycles. The second-order valence-corrected chi connectivity index (χ2v) is 6.57. The number of amides is 1. The van der Waals surface area contributed by atoms with E-state index in [1.807, 2.05) is 6.92 Å². The summed E-state index contributed by atoms with van der Waals surface area (Å²) < 4.78 is 6.57. The number of carbonyl (C=O) groups excluding carboxylic acids is 2. The summed E-state index contributed by atoms with van der Waals surface area (Å²) in [6.45, 7) is 5.38. The van der Waals surface area contributed by atoms with Crippen molar-refractivity contribution >= 4 is 34.9 Å². The van der Waals surface area contributed by atoms with Crippen LogP contribution in [0.15, 0.2) is 18.2 Å². The zero-order valence-corrected chi connectivity index (χ0v) is 16.6. The highest BCUT2D eigenvalue weighted by atomic mass is 35.5. The number of esters is 1. The Morgan fingerprint density at radius 3 is 2.71 bits per heavy atom. The predicted octanol–water partition coefficient (Wildman–Crippen LogP) is 3.66. The molecule has 1 amide bonds. The number of nitrogens with one attached hydrogen (secondary N) is 1. The molecule has 1 N–H and O–H groups in total. The number of anilines is 1. The van der Waals surface area contributed by atoms with Gasteiger partial charge in [0.2, 0.25) is 0 Å². The number of hydrogen-bond acceptors (Lipinski definition) is 6. The Morgan fingerprint density at radius 2 is 2.07 bits per heavy atom. The fourth-order valence-electron chi connectivity index (χ4n) is 2.49. The van der Waals surface area contributed by atoms with Gasteiger partial charge in [0.25, 0.3) is 11.6 Å². The summed E-state index contributed by atoms with van der Waals surface area (Å²) in [6.07, 6.45) is 1.81. The van der Waals surface area contributed by atoms with E-state index in [9.17, 15) is 19.7 Å². The van der Waals surface area contributed by atoms with Crippen LogP contribution in [-0.4, -0.2) is 33.2 Å². The summed E-state index contributed by atoms with van der Waals surface area (Å²) in [4.78, 5) is 34.7. The molecule has 0 saturated carbocycles. The van der Waals surface area contributed by atoms with E-state index in [1.54, 1.807) is 13.8 Å². The molecule has 0 aliphatic rings. The van der Waals surface area contributed by atoms with Gasteiger partial charge in [0.05, 0.1) is 16.3 Å². The number of non-ortho nitro benzene ring substituents is 1. The lowest BCUT2D eigenvalue weighted by Crippen LogP contribution is -2.21. The predicted molar refractivity (Wildman–Crippen MR) is 104 cm³/mol. The minimum atomic E-state index is -0.754. The highest BCUT2D eigenvalue weighted by Gasteiger charge is 2.22. The lowest BCUT2D eigenvalue weighted by molar-refractivity contribution is -0.384. The molecule has 0 fully saturated rings. The third-order valence-corrected chi connectivity index (χ3v) is 4.42. The Morgan fingerprint density at radius 1 is 1.36 bits per heavy atom. The highest BCUT2D eigenvalue weighted by molar-refractivity contribution is 6.32. The van der Waals surface area contributed by atoms with Crippen LogP contribution in [0.25, 0.3) is 0 Å². The number of aryl methyl sites for hydroxylation is 3. The average Bonchev–Trinajstić information content (AvgIpc) is 2.93. The van der Waals surface area contributed by atoms with Crippen molar-refractivity contribution < 1.29 is 19.2 Å². The molecule has 1 heterocycles. The van der Waals surface area contributed by atoms with E-state index >= 15 is 0 Å². The number of hydrogen-bond donors (Lipinski definition) is 1. The normalized spacial score (nSPS) is 10.6. The van der Waals surface area contributed by atoms with Crippen LogP contribution < -0.4 is 5.32 Å². The maximum atomic E-state index is 12.3. The fourth-order valence-corrected chi connectivity index (χ4v) is 2.83. The zero-order chi connectivity index (χ0) is 20.8. The van der Waals surface area contributed by atoms with Crippen molar-refractivity contribution in [1.82, 2.24) is 9.78 Å². The minimum Gasteiger partial charge on any atom is -0.452 e. The van der Waals surface area contributed by atoms with Gasteiger partial charge in [-0.25, -0.2) is 4.79 Å². The van der Waals surface area contributed by atoms with Crippen molar-refractivity contribution in [3.63, 3.8) is 0 Å². The van der Waals surface area contributed by atoms with Crippen LogP contribution in [0.1, 0.15) is 41.4 Å². The Bertz CT molecular complexity index is 910. The molecule has 10 heteroatoms. The van der Waals surface area contributed by atoms with E-state index in [-0.39, 0.29) is 22.1 Å². The van der Waals surface area contributed by atoms with Crippen molar-refractivity contribution in [2.45, 2.75) is 40.2 Å². The van der Waals surface area contributed by atoms with Crippen LogP contribution >= 0.6 is 11.6 Å². The molecule has 0 saturated heterocycles. The molecule has 9 nitrogen and oxygen atoms in total. The van der Waals surface area contributed by atoms with Crippen molar-refractivity contribution in [2.24, 2.45) is 0 Å². The number of rotatable bonds is 8. The minimum absolute atomic E-state index is 0.122. The van der Waals surface area contributed by atoms with Gasteiger partial charge in [-0.1, -0.05) is 31.0 Å². The fraction of sp³-hybridized carbons (Fsp3) is 0.389. The lowest BCUT2D eigenvalue weighted by Gasteiger charge is -2.09. The maximum Gasteiger partial charge on any atom is 0.343 e. The standard InChI is InChI=1S/C18H21ClN4O5/c1-4-5-8-22-17(19)16(12(3)21-22)18(25)28-10-15(24)20-14-9-13(23(26)27)7-6-11(14)2/h6-7,9H,4-5,8,10H2,1-3H3,(H,20,24). The number of unbranched alkanes of at least 4 members (excludes halogenated alkanes) is 1. The first-order valence-corrected chi connectivity index (χ1v) is 9.07. The molecule has 0 atom stereocenters. The van der Waals surface area contributed by atoms with Gasteiger partial charge in [-0.15, -0.1) is 0 Å². The lowest BCUT2D eigenvalue weighted by atomic mass is 10.2. The van der Waals surface area contributed by atoms with Gasteiger partial charge in [0.1, 0.15) is 10.7 Å². The first kappa shape index (κ1) is 21.4. The largest absolute Gasteiger partial charge is 0.452 e. The van der Waals surface area contributed by atoms with Crippen molar-refractivity contribution in [3.05, 3.63) is 50.3 Å². The summed E-state index contributed by atoms with van der Waals surface area (Å²) >= 11 is 6.21. The van der Waals surface area contributed by atoms with Crippen molar-refractivity contribution in [2.75, 3.05) is 11.9 Å². The summed E-state index contributed by atoms with van der Waals surface area (Å²) in [5.74, 6) is -1.37. The van der Waals surface area contributed by atoms with Gasteiger partial charge in [0.15, 0.2) is 6.61 Å². The molecule has 0 radical (unpaired) electrons. The van der Waals surface area contributed by atoms with Crippen molar-refractivity contribution in [3.8, 4) is 0 Å².